The molecule has 78 valence electrons. The van der Waals surface area contributed by atoms with Crippen LogP contribution in [-0.2, 0) is 0 Å². The standard InChI is InChI=1S/C12H19NS/c1-10(11-7-8-14-9-11)13-12-5-3-2-4-6-12/h7-10,12-13H,2-6H2,1H3. The number of hydrogen-bond acceptors (Lipinski definition) is 2. The fourth-order valence-corrected chi connectivity index (χ4v) is 2.99. The third kappa shape index (κ3) is 2.58. The van der Waals surface area contributed by atoms with E-state index in [9.17, 15) is 0 Å². The second-order valence-electron chi connectivity index (χ2n) is 4.28. The first kappa shape index (κ1) is 10.2. The summed E-state index contributed by atoms with van der Waals surface area (Å²) in [5.41, 5.74) is 1.44. The van der Waals surface area contributed by atoms with Crippen LogP contribution in [0.2, 0.25) is 0 Å². The van der Waals surface area contributed by atoms with E-state index in [-0.39, 0.29) is 0 Å². The molecule has 0 saturated heterocycles. The largest absolute Gasteiger partial charge is 0.307 e. The van der Waals surface area contributed by atoms with Crippen LogP contribution in [-0.4, -0.2) is 6.04 Å². The Balaban J connectivity index is 1.84. The molecule has 1 aliphatic rings. The van der Waals surface area contributed by atoms with Gasteiger partial charge in [-0.15, -0.1) is 0 Å². The second-order valence-corrected chi connectivity index (χ2v) is 5.06. The van der Waals surface area contributed by atoms with Gasteiger partial charge < -0.3 is 5.32 Å². The van der Waals surface area contributed by atoms with E-state index in [1.54, 1.807) is 11.3 Å². The quantitative estimate of drug-likeness (QED) is 0.800. The molecule has 1 aromatic rings. The molecule has 0 radical (unpaired) electrons. The van der Waals surface area contributed by atoms with Crippen LogP contribution in [0.25, 0.3) is 0 Å². The van der Waals surface area contributed by atoms with Gasteiger partial charge in [-0.05, 0) is 42.2 Å². The average Bonchev–Trinajstić information content (AvgIpc) is 2.72. The van der Waals surface area contributed by atoms with E-state index < -0.39 is 0 Å². The maximum absolute atomic E-state index is 3.73. The van der Waals surface area contributed by atoms with E-state index in [4.69, 9.17) is 0 Å². The highest BCUT2D eigenvalue weighted by atomic mass is 32.1. The summed E-state index contributed by atoms with van der Waals surface area (Å²) in [6.07, 6.45) is 7.00. The number of hydrogen-bond donors (Lipinski definition) is 1. The van der Waals surface area contributed by atoms with Gasteiger partial charge in [0.2, 0.25) is 0 Å². The van der Waals surface area contributed by atoms with Crippen LogP contribution in [0, 0.1) is 0 Å². The highest BCUT2D eigenvalue weighted by Gasteiger charge is 2.16. The predicted octanol–water partition coefficient (Wildman–Crippen LogP) is 3.73. The van der Waals surface area contributed by atoms with Gasteiger partial charge in [0, 0.05) is 12.1 Å². The van der Waals surface area contributed by atoms with Crippen LogP contribution >= 0.6 is 11.3 Å². The first-order valence-electron chi connectivity index (χ1n) is 5.64. The summed E-state index contributed by atoms with van der Waals surface area (Å²) in [6.45, 7) is 2.27. The molecule has 1 fully saturated rings. The summed E-state index contributed by atoms with van der Waals surface area (Å²) in [6, 6.07) is 3.52. The SMILES string of the molecule is CC(NC1CCCCC1)c1ccsc1. The molecule has 1 N–H and O–H groups in total. The van der Waals surface area contributed by atoms with Crippen LogP contribution < -0.4 is 5.32 Å². The Morgan fingerprint density at radius 3 is 2.79 bits per heavy atom. The van der Waals surface area contributed by atoms with E-state index in [0.717, 1.165) is 6.04 Å². The first-order valence-corrected chi connectivity index (χ1v) is 6.58. The molecule has 2 heteroatoms. The van der Waals surface area contributed by atoms with Crippen LogP contribution in [0.1, 0.15) is 50.6 Å². The van der Waals surface area contributed by atoms with Crippen molar-refractivity contribution in [2.45, 2.75) is 51.1 Å². The van der Waals surface area contributed by atoms with Crippen LogP contribution in [0.4, 0.5) is 0 Å². The lowest BCUT2D eigenvalue weighted by Crippen LogP contribution is -2.32. The average molecular weight is 209 g/mol. The molecule has 0 bridgehead atoms. The van der Waals surface area contributed by atoms with E-state index >= 15 is 0 Å². The van der Waals surface area contributed by atoms with Crippen molar-refractivity contribution in [1.29, 1.82) is 0 Å². The molecule has 1 unspecified atom stereocenters. The third-order valence-electron chi connectivity index (χ3n) is 3.13. The molecular formula is C12H19NS. The van der Waals surface area contributed by atoms with E-state index in [1.165, 1.54) is 37.7 Å². The van der Waals surface area contributed by atoms with Gasteiger partial charge in [-0.25, -0.2) is 0 Å². The molecular weight excluding hydrogens is 190 g/mol. The molecule has 0 aliphatic heterocycles. The summed E-state index contributed by atoms with van der Waals surface area (Å²) in [7, 11) is 0. The van der Waals surface area contributed by atoms with Crippen molar-refractivity contribution in [3.05, 3.63) is 22.4 Å². The van der Waals surface area contributed by atoms with Crippen LogP contribution in [0.3, 0.4) is 0 Å². The Morgan fingerprint density at radius 1 is 1.36 bits per heavy atom. The Morgan fingerprint density at radius 2 is 2.14 bits per heavy atom. The monoisotopic (exact) mass is 209 g/mol. The molecule has 2 rings (SSSR count). The molecule has 1 atom stereocenters. The molecule has 1 aliphatic carbocycles. The maximum Gasteiger partial charge on any atom is 0.0302 e. The van der Waals surface area contributed by atoms with Gasteiger partial charge in [-0.1, -0.05) is 19.3 Å². The molecule has 0 amide bonds. The highest BCUT2D eigenvalue weighted by molar-refractivity contribution is 7.07. The Labute approximate surface area is 90.5 Å². The van der Waals surface area contributed by atoms with Gasteiger partial charge >= 0.3 is 0 Å². The first-order chi connectivity index (χ1) is 6.86. The molecule has 1 aromatic heterocycles. The third-order valence-corrected chi connectivity index (χ3v) is 3.84. The Hall–Kier alpha value is -0.340. The summed E-state index contributed by atoms with van der Waals surface area (Å²) < 4.78 is 0. The van der Waals surface area contributed by atoms with Crippen molar-refractivity contribution >= 4 is 11.3 Å². The highest BCUT2D eigenvalue weighted by Crippen LogP contribution is 2.22. The smallest absolute Gasteiger partial charge is 0.0302 e. The molecule has 14 heavy (non-hydrogen) atoms. The maximum atomic E-state index is 3.73. The molecule has 0 aromatic carbocycles. The van der Waals surface area contributed by atoms with Gasteiger partial charge in [0.05, 0.1) is 0 Å². The summed E-state index contributed by atoms with van der Waals surface area (Å²) in [5, 5.41) is 8.14. The lowest BCUT2D eigenvalue weighted by Gasteiger charge is -2.26. The number of rotatable bonds is 3. The van der Waals surface area contributed by atoms with Crippen molar-refractivity contribution in [1.82, 2.24) is 5.32 Å². The second kappa shape index (κ2) is 4.94. The normalized spacial score (nSPS) is 20.9. The lowest BCUT2D eigenvalue weighted by molar-refractivity contribution is 0.347. The van der Waals surface area contributed by atoms with E-state index in [2.05, 4.69) is 29.1 Å². The van der Waals surface area contributed by atoms with Gasteiger partial charge in [0.15, 0.2) is 0 Å². The van der Waals surface area contributed by atoms with Crippen molar-refractivity contribution in [2.75, 3.05) is 0 Å². The molecule has 1 saturated carbocycles. The minimum absolute atomic E-state index is 0.532. The zero-order chi connectivity index (χ0) is 9.80. The van der Waals surface area contributed by atoms with Gasteiger partial charge in [-0.3, -0.25) is 0 Å². The van der Waals surface area contributed by atoms with Crippen LogP contribution in [0.15, 0.2) is 16.8 Å². The minimum Gasteiger partial charge on any atom is -0.307 e. The van der Waals surface area contributed by atoms with E-state index in [0.29, 0.717) is 6.04 Å². The molecule has 1 heterocycles. The van der Waals surface area contributed by atoms with Crippen molar-refractivity contribution < 1.29 is 0 Å². The number of nitrogens with one attached hydrogen (secondary N) is 1. The lowest BCUT2D eigenvalue weighted by atomic mass is 9.94. The van der Waals surface area contributed by atoms with Crippen molar-refractivity contribution in [3.8, 4) is 0 Å². The number of thiophene rings is 1. The van der Waals surface area contributed by atoms with Crippen molar-refractivity contribution in [2.24, 2.45) is 0 Å². The Kier molecular flexibility index (Phi) is 3.60. The summed E-state index contributed by atoms with van der Waals surface area (Å²) >= 11 is 1.79. The van der Waals surface area contributed by atoms with Gasteiger partial charge in [0.25, 0.3) is 0 Å². The molecule has 0 spiro atoms. The van der Waals surface area contributed by atoms with Crippen LogP contribution in [0.5, 0.6) is 0 Å². The minimum atomic E-state index is 0.532. The van der Waals surface area contributed by atoms with E-state index in [1.807, 2.05) is 0 Å². The fraction of sp³-hybridized carbons (Fsp3) is 0.667. The Bertz CT molecular complexity index is 249. The van der Waals surface area contributed by atoms with Crippen molar-refractivity contribution in [3.63, 3.8) is 0 Å². The summed E-state index contributed by atoms with van der Waals surface area (Å²) in [5.74, 6) is 0. The van der Waals surface area contributed by atoms with Gasteiger partial charge in [0.1, 0.15) is 0 Å². The predicted molar refractivity (Wildman–Crippen MR) is 62.7 cm³/mol. The molecule has 1 nitrogen and oxygen atoms in total. The zero-order valence-corrected chi connectivity index (χ0v) is 9.65. The zero-order valence-electron chi connectivity index (χ0n) is 8.83. The fourth-order valence-electron chi connectivity index (χ4n) is 2.24. The summed E-state index contributed by atoms with van der Waals surface area (Å²) in [4.78, 5) is 0. The van der Waals surface area contributed by atoms with Gasteiger partial charge in [-0.2, -0.15) is 11.3 Å². The topological polar surface area (TPSA) is 12.0 Å².